The minimum atomic E-state index is -0.554. The molecule has 0 aromatic carbocycles. The van der Waals surface area contributed by atoms with Crippen molar-refractivity contribution >= 4 is 74.3 Å². The highest BCUT2D eigenvalue weighted by Gasteiger charge is 2.21. The summed E-state index contributed by atoms with van der Waals surface area (Å²) in [5.41, 5.74) is 6.72. The Morgan fingerprint density at radius 3 is 1.66 bits per heavy atom. The Hall–Kier alpha value is -5.98. The lowest BCUT2D eigenvalue weighted by molar-refractivity contribution is -0.112. The Morgan fingerprint density at radius 2 is 1.19 bits per heavy atom. The van der Waals surface area contributed by atoms with Crippen molar-refractivity contribution in [3.8, 4) is 0 Å². The molecule has 4 rings (SSSR count). The zero-order valence-electron chi connectivity index (χ0n) is 25.8. The van der Waals surface area contributed by atoms with Crippen molar-refractivity contribution in [1.82, 2.24) is 34.0 Å². The SMILES string of the molecule is C=C(Br)C(=O)Nc1cc(C(=O)Nc2cc(C(=O)Nc3cc(C(=O)Nc4cc(C(=O)NCCC(=N)N)n(C)n4)n(C)c3)n(C)n2)n(C)c1. The van der Waals surface area contributed by atoms with E-state index in [1.807, 2.05) is 0 Å². The van der Waals surface area contributed by atoms with E-state index < -0.39 is 29.5 Å². The van der Waals surface area contributed by atoms with Crippen LogP contribution in [0.4, 0.5) is 23.0 Å². The summed E-state index contributed by atoms with van der Waals surface area (Å²) in [5.74, 6) is -2.33. The van der Waals surface area contributed by atoms with Crippen LogP contribution < -0.4 is 32.3 Å². The number of nitrogens with two attached hydrogens (primary N) is 1. The molecular formula is C28H32BrN13O5. The minimum Gasteiger partial charge on any atom is -0.388 e. The van der Waals surface area contributed by atoms with E-state index >= 15 is 0 Å². The molecule has 47 heavy (non-hydrogen) atoms. The highest BCUT2D eigenvalue weighted by Crippen LogP contribution is 2.19. The third-order valence-corrected chi connectivity index (χ3v) is 6.99. The van der Waals surface area contributed by atoms with Crippen LogP contribution in [-0.2, 0) is 33.0 Å². The van der Waals surface area contributed by atoms with Gasteiger partial charge in [-0.05, 0) is 28.1 Å². The lowest BCUT2D eigenvalue weighted by Gasteiger charge is -2.03. The second-order valence-electron chi connectivity index (χ2n) is 10.3. The molecular weight excluding hydrogens is 678 g/mol. The van der Waals surface area contributed by atoms with Gasteiger partial charge in [-0.25, -0.2) is 0 Å². The number of aryl methyl sites for hydroxylation is 4. The molecule has 0 unspecified atom stereocenters. The molecule has 0 bridgehead atoms. The number of halogens is 1. The summed E-state index contributed by atoms with van der Waals surface area (Å²) in [7, 11) is 6.32. The van der Waals surface area contributed by atoms with Crippen molar-refractivity contribution in [3.63, 3.8) is 0 Å². The number of aromatic nitrogens is 6. The summed E-state index contributed by atoms with van der Waals surface area (Å²) in [6, 6.07) is 5.73. The molecule has 19 heteroatoms. The molecule has 0 fully saturated rings. The highest BCUT2D eigenvalue weighted by atomic mass is 79.9. The third-order valence-electron chi connectivity index (χ3n) is 6.63. The molecule has 0 saturated carbocycles. The molecule has 4 heterocycles. The van der Waals surface area contributed by atoms with Crippen LogP contribution in [0.15, 0.2) is 47.7 Å². The Bertz CT molecular complexity index is 1930. The first-order chi connectivity index (χ1) is 22.1. The molecule has 0 saturated heterocycles. The van der Waals surface area contributed by atoms with Gasteiger partial charge in [0.1, 0.15) is 22.8 Å². The first-order valence-corrected chi connectivity index (χ1v) is 14.5. The van der Waals surface area contributed by atoms with E-state index in [1.165, 1.54) is 56.0 Å². The Balaban J connectivity index is 1.38. The van der Waals surface area contributed by atoms with E-state index in [0.29, 0.717) is 11.4 Å². The maximum Gasteiger partial charge on any atom is 0.274 e. The number of hydrogen-bond acceptors (Lipinski definition) is 8. The molecule has 246 valence electrons. The second kappa shape index (κ2) is 14.0. The van der Waals surface area contributed by atoms with Crippen molar-refractivity contribution in [2.75, 3.05) is 27.8 Å². The minimum absolute atomic E-state index is 0.0549. The topological polar surface area (TPSA) is 241 Å². The van der Waals surface area contributed by atoms with Crippen LogP contribution in [0.3, 0.4) is 0 Å². The summed E-state index contributed by atoms with van der Waals surface area (Å²) >= 11 is 3.00. The fourth-order valence-corrected chi connectivity index (χ4v) is 4.45. The van der Waals surface area contributed by atoms with E-state index in [1.54, 1.807) is 27.3 Å². The van der Waals surface area contributed by atoms with Crippen LogP contribution in [-0.4, -0.2) is 70.6 Å². The van der Waals surface area contributed by atoms with Crippen LogP contribution in [0.25, 0.3) is 0 Å². The highest BCUT2D eigenvalue weighted by molar-refractivity contribution is 9.12. The number of amides is 5. The van der Waals surface area contributed by atoms with Gasteiger partial charge >= 0.3 is 0 Å². The summed E-state index contributed by atoms with van der Waals surface area (Å²) in [6.07, 6.45) is 3.29. The molecule has 4 aromatic heterocycles. The number of hydrogen-bond donors (Lipinski definition) is 7. The molecule has 18 nitrogen and oxygen atoms in total. The summed E-state index contributed by atoms with van der Waals surface area (Å²) in [4.78, 5) is 63.3. The number of nitrogens with one attached hydrogen (secondary N) is 6. The average molecular weight is 711 g/mol. The van der Waals surface area contributed by atoms with E-state index in [-0.39, 0.29) is 57.7 Å². The van der Waals surface area contributed by atoms with Crippen molar-refractivity contribution in [1.29, 1.82) is 5.41 Å². The lowest BCUT2D eigenvalue weighted by atomic mass is 10.3. The summed E-state index contributed by atoms with van der Waals surface area (Å²) in [6.45, 7) is 3.68. The standard InChI is InChI=1S/C28H32BrN13O5/c1-14(29)24(43)33-15-8-17(39(2)12-15)26(45)36-23-11-20(42(5)38-23)28(47)34-16-9-18(40(3)13-16)27(46)35-22-10-19(41(4)37-22)25(44)32-7-6-21(30)31/h8-13H,1,6-7H2,2-5H3,(H3,30,31)(H,32,44)(H,33,43)(H,34,47)(H,35,37,46)(H,36,38,45). The van der Waals surface area contributed by atoms with E-state index in [0.717, 1.165) is 0 Å². The summed E-state index contributed by atoms with van der Waals surface area (Å²) < 4.78 is 5.74. The number of nitrogens with zero attached hydrogens (tertiary/aromatic N) is 6. The molecule has 0 spiro atoms. The van der Waals surface area contributed by atoms with Gasteiger partial charge in [0.25, 0.3) is 29.5 Å². The second-order valence-corrected chi connectivity index (χ2v) is 11.2. The van der Waals surface area contributed by atoms with Crippen LogP contribution in [0.2, 0.25) is 0 Å². The molecule has 0 aliphatic rings. The van der Waals surface area contributed by atoms with Gasteiger partial charge < -0.3 is 41.5 Å². The maximum absolute atomic E-state index is 13.1. The van der Waals surface area contributed by atoms with Gasteiger partial charge in [-0.15, -0.1) is 0 Å². The Kier molecular flexibility index (Phi) is 10.1. The van der Waals surface area contributed by atoms with Crippen LogP contribution >= 0.6 is 15.9 Å². The smallest absolute Gasteiger partial charge is 0.274 e. The monoisotopic (exact) mass is 709 g/mol. The molecule has 4 aromatic rings. The van der Waals surface area contributed by atoms with Gasteiger partial charge in [0.15, 0.2) is 11.6 Å². The van der Waals surface area contributed by atoms with Gasteiger partial charge in [-0.3, -0.25) is 38.7 Å². The molecule has 8 N–H and O–H groups in total. The van der Waals surface area contributed by atoms with Gasteiger partial charge in [-0.2, -0.15) is 10.2 Å². The molecule has 0 aliphatic carbocycles. The predicted octanol–water partition coefficient (Wildman–Crippen LogP) is 1.49. The number of carbonyl (C=O) groups is 5. The fraction of sp³-hybridized carbons (Fsp3) is 0.214. The summed E-state index contributed by atoms with van der Waals surface area (Å²) in [5, 5.41) is 28.8. The van der Waals surface area contributed by atoms with E-state index in [4.69, 9.17) is 11.1 Å². The lowest BCUT2D eigenvalue weighted by Crippen LogP contribution is -2.29. The van der Waals surface area contributed by atoms with Crippen LogP contribution in [0, 0.1) is 5.41 Å². The van der Waals surface area contributed by atoms with Crippen molar-refractivity contribution in [3.05, 3.63) is 70.5 Å². The maximum atomic E-state index is 13.1. The third kappa shape index (κ3) is 8.19. The normalized spacial score (nSPS) is 10.7. The quantitative estimate of drug-likeness (QED) is 0.0644. The number of amidine groups is 1. The van der Waals surface area contributed by atoms with E-state index in [9.17, 15) is 24.0 Å². The van der Waals surface area contributed by atoms with Gasteiger partial charge in [0.05, 0.1) is 21.7 Å². The zero-order valence-corrected chi connectivity index (χ0v) is 27.4. The number of carbonyl (C=O) groups excluding carboxylic acids is 5. The first-order valence-electron chi connectivity index (χ1n) is 13.7. The van der Waals surface area contributed by atoms with Crippen molar-refractivity contribution in [2.45, 2.75) is 6.42 Å². The Labute approximate surface area is 276 Å². The Morgan fingerprint density at radius 1 is 0.745 bits per heavy atom. The largest absolute Gasteiger partial charge is 0.388 e. The van der Waals surface area contributed by atoms with Crippen molar-refractivity contribution < 1.29 is 24.0 Å². The van der Waals surface area contributed by atoms with Crippen molar-refractivity contribution in [2.24, 2.45) is 33.9 Å². The number of rotatable bonds is 12. The van der Waals surface area contributed by atoms with Gasteiger partial charge in [-0.1, -0.05) is 6.58 Å². The van der Waals surface area contributed by atoms with Gasteiger partial charge in [0, 0.05) is 65.7 Å². The molecule has 0 radical (unpaired) electrons. The molecule has 0 atom stereocenters. The van der Waals surface area contributed by atoms with E-state index in [2.05, 4.69) is 59.3 Å². The molecule has 0 aliphatic heterocycles. The fourth-order valence-electron chi connectivity index (χ4n) is 4.35. The van der Waals surface area contributed by atoms with Gasteiger partial charge in [0.2, 0.25) is 0 Å². The number of anilines is 4. The molecule has 5 amide bonds. The average Bonchev–Trinajstić information content (AvgIpc) is 3.73. The van der Waals surface area contributed by atoms with Crippen LogP contribution in [0.1, 0.15) is 48.4 Å². The van der Waals surface area contributed by atoms with Crippen LogP contribution in [0.5, 0.6) is 0 Å². The zero-order chi connectivity index (χ0) is 34.6. The first kappa shape index (κ1) is 33.9. The predicted molar refractivity (Wildman–Crippen MR) is 177 cm³/mol.